The van der Waals surface area contributed by atoms with E-state index in [0.717, 1.165) is 43.6 Å². The molecule has 45 heavy (non-hydrogen) atoms. The maximum atomic E-state index is 12.0. The SMILES string of the molecule is [2H]C([2H])([2H])Oc1cc(C(=O)O)cc2c1nc(CN1CCC3(c4cccc(OCc5ccc(C#N)cc5OC)n4)CC3C1)n2C[C@@H]1CCO1. The third-order valence-corrected chi connectivity index (χ3v) is 9.41. The van der Waals surface area contributed by atoms with Crippen molar-refractivity contribution >= 4 is 17.0 Å². The Hall–Kier alpha value is -4.66. The number of fused-ring (bicyclic) bond motifs is 2. The lowest BCUT2D eigenvalue weighted by atomic mass is 9.91. The molecular formula is C34H35N5O6. The number of carboxylic acids is 1. The summed E-state index contributed by atoms with van der Waals surface area (Å²) in [6.45, 7) is 3.54. The lowest BCUT2D eigenvalue weighted by molar-refractivity contribution is -0.0592. The molecule has 2 aliphatic heterocycles. The maximum absolute atomic E-state index is 12.0. The fourth-order valence-electron chi connectivity index (χ4n) is 6.73. The Morgan fingerprint density at radius 1 is 1.22 bits per heavy atom. The van der Waals surface area contributed by atoms with Crippen molar-refractivity contribution < 1.29 is 33.0 Å². The molecule has 0 amide bonds. The molecule has 11 heteroatoms. The average Bonchev–Trinajstić information content (AvgIpc) is 3.68. The second-order valence-corrected chi connectivity index (χ2v) is 12.0. The van der Waals surface area contributed by atoms with E-state index in [0.29, 0.717) is 59.7 Å². The van der Waals surface area contributed by atoms with Crippen molar-refractivity contribution in [2.45, 2.75) is 50.5 Å². The summed E-state index contributed by atoms with van der Waals surface area (Å²) < 4.78 is 47.3. The molecule has 4 aromatic rings. The van der Waals surface area contributed by atoms with Crippen molar-refractivity contribution in [1.29, 1.82) is 5.26 Å². The molecule has 7 rings (SSSR count). The first-order valence-electron chi connectivity index (χ1n) is 16.5. The van der Waals surface area contributed by atoms with Gasteiger partial charge in [0.2, 0.25) is 5.88 Å². The number of methoxy groups -OCH3 is 2. The van der Waals surface area contributed by atoms with Gasteiger partial charge in [0, 0.05) is 30.2 Å². The largest absolute Gasteiger partial charge is 0.496 e. The number of likely N-dealkylation sites (tertiary alicyclic amines) is 1. The normalized spacial score (nSPS) is 23.5. The van der Waals surface area contributed by atoms with Crippen LogP contribution in [0.1, 0.15) is 56.4 Å². The van der Waals surface area contributed by atoms with E-state index in [-0.39, 0.29) is 29.4 Å². The van der Waals surface area contributed by atoms with Gasteiger partial charge >= 0.3 is 5.97 Å². The minimum absolute atomic E-state index is 0.0288. The van der Waals surface area contributed by atoms with Gasteiger partial charge in [-0.05, 0) is 62.1 Å². The number of hydrogen-bond donors (Lipinski definition) is 1. The zero-order valence-electron chi connectivity index (χ0n) is 27.9. The number of nitriles is 1. The standard InChI is InChI=1S/C34H35N5O6/c1-42-27-12-21(16-35)6-7-22(27)20-45-31-5-3-4-29(36-31)34-9-10-38(17-24(34)15-34)19-30-37-32-26(39(30)18-25-8-11-44-25)13-23(33(40)41)14-28(32)43-2/h3-7,12-14,24-25H,8-11,15,17-20H2,1-2H3,(H,40,41)/t24?,25-,34?/m0/s1/i2D3. The number of rotatable bonds is 11. The van der Waals surface area contributed by atoms with Crippen LogP contribution in [0.25, 0.3) is 11.0 Å². The molecule has 11 nitrogen and oxygen atoms in total. The maximum Gasteiger partial charge on any atom is 0.335 e. The highest BCUT2D eigenvalue weighted by molar-refractivity contribution is 5.95. The first kappa shape index (κ1) is 25.6. The third-order valence-electron chi connectivity index (χ3n) is 9.41. The number of aromatic nitrogens is 3. The number of imidazole rings is 1. The van der Waals surface area contributed by atoms with Crippen LogP contribution in [0.5, 0.6) is 17.4 Å². The summed E-state index contributed by atoms with van der Waals surface area (Å²) in [7, 11) is -1.20. The molecule has 2 unspecified atom stereocenters. The number of ether oxygens (including phenoxy) is 4. The predicted molar refractivity (Wildman–Crippen MR) is 164 cm³/mol. The Morgan fingerprint density at radius 2 is 2.11 bits per heavy atom. The second-order valence-electron chi connectivity index (χ2n) is 12.0. The van der Waals surface area contributed by atoms with E-state index in [1.54, 1.807) is 19.2 Å². The van der Waals surface area contributed by atoms with Crippen molar-refractivity contribution in [3.05, 3.63) is 76.7 Å². The van der Waals surface area contributed by atoms with E-state index in [9.17, 15) is 15.2 Å². The fourth-order valence-corrected chi connectivity index (χ4v) is 6.73. The topological polar surface area (TPSA) is 132 Å². The molecule has 3 aliphatic rings. The molecule has 2 saturated heterocycles. The molecule has 3 atom stereocenters. The molecule has 0 bridgehead atoms. The summed E-state index contributed by atoms with van der Waals surface area (Å²) in [5.74, 6) is 0.969. The van der Waals surface area contributed by atoms with E-state index in [4.69, 9.17) is 33.0 Å². The first-order chi connectivity index (χ1) is 23.0. The molecule has 0 spiro atoms. The number of carboxylic acid groups (broad SMARTS) is 1. The van der Waals surface area contributed by atoms with Gasteiger partial charge < -0.3 is 28.6 Å². The van der Waals surface area contributed by atoms with E-state index in [2.05, 4.69) is 17.0 Å². The Labute approximate surface area is 265 Å². The van der Waals surface area contributed by atoms with Gasteiger partial charge in [-0.15, -0.1) is 0 Å². The van der Waals surface area contributed by atoms with Gasteiger partial charge in [0.05, 0.1) is 65.9 Å². The first-order valence-corrected chi connectivity index (χ1v) is 15.0. The van der Waals surface area contributed by atoms with Crippen LogP contribution in [0.15, 0.2) is 48.5 Å². The van der Waals surface area contributed by atoms with Crippen molar-refractivity contribution in [1.82, 2.24) is 19.4 Å². The van der Waals surface area contributed by atoms with Crippen molar-refractivity contribution in [2.24, 2.45) is 5.92 Å². The molecule has 0 radical (unpaired) electrons. The highest BCUT2D eigenvalue weighted by atomic mass is 16.5. The lowest BCUT2D eigenvalue weighted by Crippen LogP contribution is -2.37. The van der Waals surface area contributed by atoms with Crippen LogP contribution in [0, 0.1) is 17.2 Å². The number of carbonyl (C=O) groups is 1. The molecule has 1 N–H and O–H groups in total. The van der Waals surface area contributed by atoms with Crippen LogP contribution in [0.3, 0.4) is 0 Å². The molecule has 3 fully saturated rings. The van der Waals surface area contributed by atoms with Crippen LogP contribution in [0.2, 0.25) is 0 Å². The Morgan fingerprint density at radius 3 is 2.84 bits per heavy atom. The summed E-state index contributed by atoms with van der Waals surface area (Å²) in [4.78, 5) is 24.0. The Balaban J connectivity index is 1.08. The van der Waals surface area contributed by atoms with Crippen LogP contribution in [-0.2, 0) is 29.8 Å². The Bertz CT molecular complexity index is 1920. The Kier molecular flexibility index (Phi) is 6.66. The molecule has 2 aromatic carbocycles. The minimum Gasteiger partial charge on any atom is -0.496 e. The monoisotopic (exact) mass is 612 g/mol. The van der Waals surface area contributed by atoms with E-state index in [1.165, 1.54) is 12.1 Å². The number of pyridine rings is 1. The number of benzene rings is 2. The average molecular weight is 613 g/mol. The van der Waals surface area contributed by atoms with Crippen molar-refractivity contribution in [3.8, 4) is 23.4 Å². The van der Waals surface area contributed by atoms with E-state index < -0.39 is 13.0 Å². The summed E-state index contributed by atoms with van der Waals surface area (Å²) in [5.41, 5.74) is 3.09. The van der Waals surface area contributed by atoms with Crippen LogP contribution >= 0.6 is 0 Å². The number of piperidine rings is 1. The van der Waals surface area contributed by atoms with Crippen molar-refractivity contribution in [2.75, 3.05) is 33.8 Å². The summed E-state index contributed by atoms with van der Waals surface area (Å²) in [5, 5.41) is 19.0. The number of nitrogens with zero attached hydrogens (tertiary/aromatic N) is 5. The zero-order valence-corrected chi connectivity index (χ0v) is 24.9. The van der Waals surface area contributed by atoms with Gasteiger partial charge in [-0.2, -0.15) is 5.26 Å². The second kappa shape index (κ2) is 11.7. The van der Waals surface area contributed by atoms with Gasteiger partial charge in [-0.25, -0.2) is 14.8 Å². The molecule has 4 heterocycles. The van der Waals surface area contributed by atoms with Crippen LogP contribution in [0.4, 0.5) is 0 Å². The smallest absolute Gasteiger partial charge is 0.335 e. The number of aromatic carboxylic acids is 1. The highest BCUT2D eigenvalue weighted by Crippen LogP contribution is 2.59. The predicted octanol–water partition coefficient (Wildman–Crippen LogP) is 4.55. The third kappa shape index (κ3) is 5.45. The van der Waals surface area contributed by atoms with Gasteiger partial charge in [0.1, 0.15) is 29.4 Å². The summed E-state index contributed by atoms with van der Waals surface area (Å²) in [6.07, 6.45) is 2.76. The zero-order chi connectivity index (χ0) is 33.6. The van der Waals surface area contributed by atoms with E-state index >= 15 is 0 Å². The van der Waals surface area contributed by atoms with Crippen molar-refractivity contribution in [3.63, 3.8) is 0 Å². The summed E-state index contributed by atoms with van der Waals surface area (Å²) in [6, 6.07) is 16.0. The van der Waals surface area contributed by atoms with Gasteiger partial charge in [-0.3, -0.25) is 4.90 Å². The number of hydrogen-bond acceptors (Lipinski definition) is 9. The summed E-state index contributed by atoms with van der Waals surface area (Å²) >= 11 is 0. The lowest BCUT2D eigenvalue weighted by Gasteiger charge is -2.32. The van der Waals surface area contributed by atoms with Crippen LogP contribution < -0.4 is 14.2 Å². The molecule has 2 aromatic heterocycles. The van der Waals surface area contributed by atoms with Crippen LogP contribution in [-0.4, -0.2) is 70.5 Å². The van der Waals surface area contributed by atoms with E-state index in [1.807, 2.05) is 22.8 Å². The van der Waals surface area contributed by atoms with Gasteiger partial charge in [0.25, 0.3) is 0 Å². The van der Waals surface area contributed by atoms with Gasteiger partial charge in [-0.1, -0.05) is 12.1 Å². The molecule has 232 valence electrons. The molecular weight excluding hydrogens is 574 g/mol. The minimum atomic E-state index is -2.76. The molecule has 1 aliphatic carbocycles. The van der Waals surface area contributed by atoms with Gasteiger partial charge in [0.15, 0.2) is 0 Å². The quantitative estimate of drug-likeness (QED) is 0.257. The highest BCUT2D eigenvalue weighted by Gasteiger charge is 2.58. The molecule has 1 saturated carbocycles. The fraction of sp³-hybridized carbons (Fsp3) is 0.412.